The number of hydrogen-bond donors (Lipinski definition) is 2. The molecule has 4 nitrogen and oxygen atoms in total. The molecule has 0 spiro atoms. The number of esters is 1. The molecule has 2 aromatic rings. The molecule has 0 amide bonds. The fourth-order valence-electron chi connectivity index (χ4n) is 1.72. The maximum atomic E-state index is 11.5. The summed E-state index contributed by atoms with van der Waals surface area (Å²) >= 11 is 0. The molecule has 0 saturated carbocycles. The van der Waals surface area contributed by atoms with E-state index < -0.39 is 0 Å². The minimum Gasteiger partial charge on any atom is -0.465 e. The second kappa shape index (κ2) is 5.40. The van der Waals surface area contributed by atoms with Crippen LogP contribution in [0.4, 0.5) is 5.69 Å². The summed E-state index contributed by atoms with van der Waals surface area (Å²) in [5.41, 5.74) is 3.76. The molecular formula is C14H16N2O2. The minimum atomic E-state index is -0.320. The van der Waals surface area contributed by atoms with Gasteiger partial charge in [0.2, 0.25) is 0 Å². The van der Waals surface area contributed by atoms with Gasteiger partial charge in [-0.2, -0.15) is 0 Å². The number of hydrogen-bond acceptors (Lipinski definition) is 3. The Balaban J connectivity index is 2.13. The van der Waals surface area contributed by atoms with Crippen molar-refractivity contribution in [1.82, 2.24) is 4.98 Å². The minimum absolute atomic E-state index is 0.320. The van der Waals surface area contributed by atoms with Crippen molar-refractivity contribution in [3.05, 3.63) is 53.3 Å². The fourth-order valence-corrected chi connectivity index (χ4v) is 1.72. The summed E-state index contributed by atoms with van der Waals surface area (Å²) in [6.45, 7) is 2.72. The fraction of sp³-hybridized carbons (Fsp3) is 0.214. The molecule has 0 radical (unpaired) electrons. The van der Waals surface area contributed by atoms with Crippen molar-refractivity contribution >= 4 is 11.7 Å². The van der Waals surface area contributed by atoms with Gasteiger partial charge in [0, 0.05) is 24.6 Å². The molecule has 4 heteroatoms. The van der Waals surface area contributed by atoms with Crippen LogP contribution >= 0.6 is 0 Å². The van der Waals surface area contributed by atoms with E-state index in [-0.39, 0.29) is 5.97 Å². The van der Waals surface area contributed by atoms with Crippen molar-refractivity contribution in [2.45, 2.75) is 13.5 Å². The highest BCUT2D eigenvalue weighted by Crippen LogP contribution is 2.18. The van der Waals surface area contributed by atoms with Crippen LogP contribution in [0.5, 0.6) is 0 Å². The Morgan fingerprint density at radius 3 is 2.89 bits per heavy atom. The van der Waals surface area contributed by atoms with Crippen LogP contribution in [-0.2, 0) is 11.3 Å². The van der Waals surface area contributed by atoms with Crippen LogP contribution in [0, 0.1) is 6.92 Å². The molecule has 18 heavy (non-hydrogen) atoms. The third-order valence-electron chi connectivity index (χ3n) is 2.80. The van der Waals surface area contributed by atoms with Crippen molar-refractivity contribution in [3.63, 3.8) is 0 Å². The highest BCUT2D eigenvalue weighted by molar-refractivity contribution is 5.90. The number of methoxy groups -OCH3 is 1. The van der Waals surface area contributed by atoms with E-state index in [0.29, 0.717) is 5.56 Å². The van der Waals surface area contributed by atoms with Crippen LogP contribution < -0.4 is 5.32 Å². The van der Waals surface area contributed by atoms with Gasteiger partial charge in [-0.25, -0.2) is 4.79 Å². The summed E-state index contributed by atoms with van der Waals surface area (Å²) in [6, 6.07) is 7.49. The van der Waals surface area contributed by atoms with Crippen LogP contribution in [0.3, 0.4) is 0 Å². The van der Waals surface area contributed by atoms with E-state index in [0.717, 1.165) is 23.4 Å². The average Bonchev–Trinajstić information content (AvgIpc) is 2.90. The molecule has 1 aromatic carbocycles. The molecular weight excluding hydrogens is 228 g/mol. The van der Waals surface area contributed by atoms with Crippen LogP contribution in [0.1, 0.15) is 21.5 Å². The summed E-state index contributed by atoms with van der Waals surface area (Å²) in [5, 5.41) is 3.31. The lowest BCUT2D eigenvalue weighted by Crippen LogP contribution is -2.05. The summed E-state index contributed by atoms with van der Waals surface area (Å²) in [7, 11) is 1.38. The van der Waals surface area contributed by atoms with Gasteiger partial charge in [-0.05, 0) is 36.2 Å². The molecule has 0 atom stereocenters. The molecule has 0 aliphatic carbocycles. The zero-order valence-electron chi connectivity index (χ0n) is 10.5. The molecule has 0 fully saturated rings. The number of nitrogens with one attached hydrogen (secondary N) is 2. The number of carbonyl (C=O) groups excluding carboxylic acids is 1. The SMILES string of the molecule is COC(=O)c1ccc(C)c(NCc2cc[nH]c2)c1. The molecule has 0 bridgehead atoms. The maximum Gasteiger partial charge on any atom is 0.337 e. The first kappa shape index (κ1) is 12.2. The van der Waals surface area contributed by atoms with E-state index in [1.165, 1.54) is 7.11 Å². The highest BCUT2D eigenvalue weighted by Gasteiger charge is 2.07. The lowest BCUT2D eigenvalue weighted by Gasteiger charge is -2.10. The number of H-pyrrole nitrogens is 1. The van der Waals surface area contributed by atoms with E-state index >= 15 is 0 Å². The topological polar surface area (TPSA) is 54.1 Å². The van der Waals surface area contributed by atoms with Gasteiger partial charge in [0.15, 0.2) is 0 Å². The van der Waals surface area contributed by atoms with Crippen LogP contribution in [-0.4, -0.2) is 18.1 Å². The molecule has 1 heterocycles. The summed E-state index contributed by atoms with van der Waals surface area (Å²) < 4.78 is 4.71. The molecule has 0 aliphatic heterocycles. The number of benzene rings is 1. The third kappa shape index (κ3) is 2.71. The standard InChI is InChI=1S/C14H16N2O2/c1-10-3-4-12(14(17)18-2)7-13(10)16-9-11-5-6-15-8-11/h3-8,15-16H,9H2,1-2H3. The zero-order chi connectivity index (χ0) is 13.0. The van der Waals surface area contributed by atoms with Crippen molar-refractivity contribution in [3.8, 4) is 0 Å². The Labute approximate surface area is 106 Å². The van der Waals surface area contributed by atoms with Gasteiger partial charge in [-0.15, -0.1) is 0 Å². The van der Waals surface area contributed by atoms with E-state index in [9.17, 15) is 4.79 Å². The van der Waals surface area contributed by atoms with Gasteiger partial charge in [-0.1, -0.05) is 6.07 Å². The first-order chi connectivity index (χ1) is 8.70. The molecule has 2 N–H and O–H groups in total. The lowest BCUT2D eigenvalue weighted by atomic mass is 10.1. The number of ether oxygens (including phenoxy) is 1. The number of carbonyl (C=O) groups is 1. The molecule has 94 valence electrons. The monoisotopic (exact) mass is 244 g/mol. The van der Waals surface area contributed by atoms with E-state index in [1.54, 1.807) is 6.07 Å². The normalized spacial score (nSPS) is 10.1. The Morgan fingerprint density at radius 1 is 1.39 bits per heavy atom. The quantitative estimate of drug-likeness (QED) is 0.813. The zero-order valence-corrected chi connectivity index (χ0v) is 10.5. The average molecular weight is 244 g/mol. The second-order valence-corrected chi connectivity index (χ2v) is 4.09. The third-order valence-corrected chi connectivity index (χ3v) is 2.80. The molecule has 1 aromatic heterocycles. The lowest BCUT2D eigenvalue weighted by molar-refractivity contribution is 0.0601. The highest BCUT2D eigenvalue weighted by atomic mass is 16.5. The van der Waals surface area contributed by atoms with E-state index in [4.69, 9.17) is 4.74 Å². The van der Waals surface area contributed by atoms with Crippen molar-refractivity contribution < 1.29 is 9.53 Å². The van der Waals surface area contributed by atoms with Crippen LogP contribution in [0.15, 0.2) is 36.7 Å². The molecule has 2 rings (SSSR count). The van der Waals surface area contributed by atoms with Crippen molar-refractivity contribution in [2.75, 3.05) is 12.4 Å². The van der Waals surface area contributed by atoms with Crippen molar-refractivity contribution in [2.24, 2.45) is 0 Å². The first-order valence-corrected chi connectivity index (χ1v) is 5.75. The van der Waals surface area contributed by atoms with Gasteiger partial charge in [0.1, 0.15) is 0 Å². The Hall–Kier alpha value is -2.23. The number of aromatic nitrogens is 1. The smallest absolute Gasteiger partial charge is 0.337 e. The van der Waals surface area contributed by atoms with E-state index in [2.05, 4.69) is 10.3 Å². The Kier molecular flexibility index (Phi) is 3.67. The number of anilines is 1. The maximum absolute atomic E-state index is 11.5. The second-order valence-electron chi connectivity index (χ2n) is 4.09. The predicted octanol–water partition coefficient (Wildman–Crippen LogP) is 2.72. The van der Waals surface area contributed by atoms with E-state index in [1.807, 2.05) is 37.5 Å². The van der Waals surface area contributed by atoms with Crippen LogP contribution in [0.2, 0.25) is 0 Å². The number of aromatic amines is 1. The van der Waals surface area contributed by atoms with Gasteiger partial charge in [0.05, 0.1) is 12.7 Å². The number of aryl methyl sites for hydroxylation is 1. The van der Waals surface area contributed by atoms with Crippen molar-refractivity contribution in [1.29, 1.82) is 0 Å². The largest absolute Gasteiger partial charge is 0.465 e. The van der Waals surface area contributed by atoms with Gasteiger partial charge < -0.3 is 15.0 Å². The molecule has 0 unspecified atom stereocenters. The first-order valence-electron chi connectivity index (χ1n) is 5.75. The Bertz CT molecular complexity index is 533. The van der Waals surface area contributed by atoms with Gasteiger partial charge >= 0.3 is 5.97 Å². The van der Waals surface area contributed by atoms with Gasteiger partial charge in [-0.3, -0.25) is 0 Å². The molecule has 0 saturated heterocycles. The van der Waals surface area contributed by atoms with Crippen LogP contribution in [0.25, 0.3) is 0 Å². The molecule has 0 aliphatic rings. The summed E-state index contributed by atoms with van der Waals surface area (Å²) in [6.07, 6.45) is 3.82. The summed E-state index contributed by atoms with van der Waals surface area (Å²) in [4.78, 5) is 14.5. The van der Waals surface area contributed by atoms with Gasteiger partial charge in [0.25, 0.3) is 0 Å². The Morgan fingerprint density at radius 2 is 2.22 bits per heavy atom. The number of rotatable bonds is 4. The summed E-state index contributed by atoms with van der Waals surface area (Å²) in [5.74, 6) is -0.320. The predicted molar refractivity (Wildman–Crippen MR) is 70.6 cm³/mol.